The molecule has 8 bridgehead atoms. The number of nitrogens with zero attached hydrogens (tertiary/aromatic N) is 2. The van der Waals surface area contributed by atoms with Gasteiger partial charge in [-0.05, 0) is 24.3 Å². The number of carbonyl (C=O) groups is 4. The van der Waals surface area contributed by atoms with E-state index < -0.39 is 144 Å². The van der Waals surface area contributed by atoms with Crippen molar-refractivity contribution < 1.29 is 54.3 Å². The molecule has 8 rings (SSSR count). The van der Waals surface area contributed by atoms with Gasteiger partial charge in [0, 0.05) is 49.1 Å². The molecule has 6 heterocycles. The van der Waals surface area contributed by atoms with Crippen LogP contribution >= 0.6 is 0 Å². The van der Waals surface area contributed by atoms with Crippen LogP contribution in [-0.4, -0.2) is 71.4 Å². The van der Waals surface area contributed by atoms with Crippen molar-refractivity contribution in [2.75, 3.05) is 13.1 Å². The van der Waals surface area contributed by atoms with Crippen LogP contribution < -0.4 is 21.3 Å². The van der Waals surface area contributed by atoms with Crippen molar-refractivity contribution in [3.05, 3.63) is 93.6 Å². The number of rotatable bonds is 0. The number of benzene rings is 1. The maximum Gasteiger partial charge on any atom is 0.270 e. The van der Waals surface area contributed by atoms with Gasteiger partial charge in [0.1, 0.15) is 47.5 Å². The van der Waals surface area contributed by atoms with Crippen LogP contribution in [0.3, 0.4) is 0 Å². The fraction of sp³-hybridized carbons (Fsp3) is 0.333. The lowest BCUT2D eigenvalue weighted by molar-refractivity contribution is -0.0752. The molecule has 2 aromatic heterocycles. The van der Waals surface area contributed by atoms with E-state index in [1.54, 1.807) is 0 Å². The Bertz CT molecular complexity index is 1610. The lowest BCUT2D eigenvalue weighted by atomic mass is 9.76. The van der Waals surface area contributed by atoms with Gasteiger partial charge in [-0.25, -0.2) is 45.1 Å². The largest absolute Gasteiger partial charge is 0.350 e. The van der Waals surface area contributed by atoms with Gasteiger partial charge >= 0.3 is 0 Å². The number of nitrogens with one attached hydrogen (secondary N) is 4. The van der Waals surface area contributed by atoms with Crippen molar-refractivity contribution in [1.82, 2.24) is 31.2 Å². The SMILES string of the molecule is O=C1NCc2c(F)c(F)c(c(F)c2F)CNC(=O)c2cccc(n2)C(=O)NCC2C(F)C(F)C(CNC(=O)c3cccc1n3)C(F)C2F. The predicted octanol–water partition coefficient (Wildman–Crippen LogP) is 2.96. The molecule has 1 fully saturated rings. The summed E-state index contributed by atoms with van der Waals surface area (Å²) in [6.45, 7) is -3.99. The molecule has 3 aromatic rings. The van der Waals surface area contributed by atoms with Gasteiger partial charge in [-0.2, -0.15) is 0 Å². The van der Waals surface area contributed by atoms with E-state index in [2.05, 4.69) is 20.6 Å². The summed E-state index contributed by atoms with van der Waals surface area (Å²) < 4.78 is 119. The number of pyridine rings is 2. The third-order valence-corrected chi connectivity index (χ3v) is 7.97. The number of carbonyl (C=O) groups excluding carboxylic acids is 4. The molecule has 4 N–H and O–H groups in total. The molecule has 1 saturated carbocycles. The minimum absolute atomic E-state index is 0.501. The second-order valence-corrected chi connectivity index (χ2v) is 10.9. The van der Waals surface area contributed by atoms with Gasteiger partial charge in [-0.1, -0.05) is 12.1 Å². The summed E-state index contributed by atoms with van der Waals surface area (Å²) in [5.74, 6) is -16.0. The number of amides is 4. The second-order valence-electron chi connectivity index (χ2n) is 10.9. The highest BCUT2D eigenvalue weighted by molar-refractivity contribution is 5.97. The highest BCUT2D eigenvalue weighted by Gasteiger charge is 2.52. The topological polar surface area (TPSA) is 142 Å². The van der Waals surface area contributed by atoms with Crippen LogP contribution in [0.15, 0.2) is 36.4 Å². The normalized spacial score (nSPS) is 25.6. The molecule has 0 radical (unpaired) electrons. The van der Waals surface area contributed by atoms with Gasteiger partial charge in [-0.15, -0.1) is 0 Å². The lowest BCUT2D eigenvalue weighted by Crippen LogP contribution is -2.57. The Balaban J connectivity index is 1.47. The summed E-state index contributed by atoms with van der Waals surface area (Å²) in [6, 6.07) is 6.55. The zero-order valence-corrected chi connectivity index (χ0v) is 24.3. The van der Waals surface area contributed by atoms with E-state index >= 15 is 17.6 Å². The fourth-order valence-corrected chi connectivity index (χ4v) is 5.28. The van der Waals surface area contributed by atoms with Gasteiger partial charge in [0.05, 0.1) is 0 Å². The molecule has 1 aromatic carbocycles. The smallest absolute Gasteiger partial charge is 0.270 e. The molecule has 1 aliphatic carbocycles. The Hall–Kier alpha value is -5.16. The Labute approximate surface area is 265 Å². The Morgan fingerprint density at radius 1 is 0.479 bits per heavy atom. The molecular formula is C30H24F8N6O4. The summed E-state index contributed by atoms with van der Waals surface area (Å²) in [5.41, 5.74) is -4.50. The molecule has 5 aliphatic rings. The minimum atomic E-state index is -2.62. The van der Waals surface area contributed by atoms with Crippen molar-refractivity contribution in [2.45, 2.75) is 37.8 Å². The quantitative estimate of drug-likeness (QED) is 0.212. The zero-order chi connectivity index (χ0) is 34.9. The van der Waals surface area contributed by atoms with Crippen LogP contribution in [0.4, 0.5) is 35.1 Å². The maximum absolute atomic E-state index is 15.0. The number of halogens is 8. The molecule has 254 valence electrons. The van der Waals surface area contributed by atoms with Crippen molar-refractivity contribution >= 4 is 23.6 Å². The molecule has 0 saturated heterocycles. The summed E-state index contributed by atoms with van der Waals surface area (Å²) in [6.07, 6.45) is -10.5. The third kappa shape index (κ3) is 6.64. The van der Waals surface area contributed by atoms with E-state index in [-0.39, 0.29) is 0 Å². The van der Waals surface area contributed by atoms with Crippen LogP contribution in [-0.2, 0) is 13.1 Å². The van der Waals surface area contributed by atoms with E-state index in [0.29, 0.717) is 0 Å². The van der Waals surface area contributed by atoms with Crippen LogP contribution in [0.2, 0.25) is 0 Å². The average Bonchev–Trinajstić information content (AvgIpc) is 3.09. The monoisotopic (exact) mass is 684 g/mol. The summed E-state index contributed by atoms with van der Waals surface area (Å²) in [4.78, 5) is 58.1. The number of hydrogen-bond acceptors (Lipinski definition) is 6. The highest BCUT2D eigenvalue weighted by atomic mass is 19.2. The molecule has 0 spiro atoms. The van der Waals surface area contributed by atoms with Gasteiger partial charge in [0.2, 0.25) is 0 Å². The molecule has 48 heavy (non-hydrogen) atoms. The van der Waals surface area contributed by atoms with E-state index in [0.717, 1.165) is 36.4 Å². The summed E-state index contributed by atoms with van der Waals surface area (Å²) >= 11 is 0. The predicted molar refractivity (Wildman–Crippen MR) is 148 cm³/mol. The minimum Gasteiger partial charge on any atom is -0.350 e. The van der Waals surface area contributed by atoms with E-state index in [1.165, 1.54) is 0 Å². The first-order chi connectivity index (χ1) is 22.8. The van der Waals surface area contributed by atoms with Crippen molar-refractivity contribution in [3.63, 3.8) is 0 Å². The van der Waals surface area contributed by atoms with Crippen LogP contribution in [0.1, 0.15) is 53.1 Å². The number of alkyl halides is 4. The molecule has 4 unspecified atom stereocenters. The van der Waals surface area contributed by atoms with Crippen LogP contribution in [0.5, 0.6) is 0 Å². The van der Waals surface area contributed by atoms with Gasteiger partial charge in [0.25, 0.3) is 23.6 Å². The summed E-state index contributed by atoms with van der Waals surface area (Å²) in [7, 11) is 0. The first-order valence-corrected chi connectivity index (χ1v) is 14.3. The molecule has 18 heteroatoms. The van der Waals surface area contributed by atoms with E-state index in [1.807, 2.05) is 10.6 Å². The van der Waals surface area contributed by atoms with E-state index in [4.69, 9.17) is 0 Å². The second kappa shape index (κ2) is 13.9. The Kier molecular flexibility index (Phi) is 9.90. The van der Waals surface area contributed by atoms with Gasteiger partial charge < -0.3 is 21.3 Å². The molecule has 4 atom stereocenters. The maximum atomic E-state index is 15.0. The molecule has 4 aliphatic heterocycles. The molecular weight excluding hydrogens is 660 g/mol. The first-order valence-electron chi connectivity index (χ1n) is 14.3. The Morgan fingerprint density at radius 3 is 1.04 bits per heavy atom. The molecule has 4 amide bonds. The zero-order valence-electron chi connectivity index (χ0n) is 24.3. The average molecular weight is 685 g/mol. The standard InChI is InChI=1S/C30H24F8N6O4/c31-19-11-7-39-27(45)15-3-1-4-16(43-15)28(46)40-8-12-21(33)25(37)14(26(38)22(12)34)10-42-30(48)18-6-2-5-17(44-18)29(47)41-9-13(23(19)35)24(36)20(11)32/h1-6,11,13,19-20,23-24H,7-10H2,(H,39,45)(H,40,46)(H,41,47)(H,42,48). The lowest BCUT2D eigenvalue weighted by Gasteiger charge is -2.39. The van der Waals surface area contributed by atoms with Crippen molar-refractivity contribution in [3.8, 4) is 0 Å². The highest BCUT2D eigenvalue weighted by Crippen LogP contribution is 2.37. The van der Waals surface area contributed by atoms with Gasteiger partial charge in [-0.3, -0.25) is 19.2 Å². The Morgan fingerprint density at radius 2 is 0.750 bits per heavy atom. The molecule has 10 nitrogen and oxygen atoms in total. The third-order valence-electron chi connectivity index (χ3n) is 7.97. The van der Waals surface area contributed by atoms with Gasteiger partial charge in [0.15, 0.2) is 23.3 Å². The number of aromatic nitrogens is 2. The van der Waals surface area contributed by atoms with Crippen LogP contribution in [0.25, 0.3) is 0 Å². The fourth-order valence-electron chi connectivity index (χ4n) is 5.28. The van der Waals surface area contributed by atoms with Crippen molar-refractivity contribution in [1.29, 1.82) is 0 Å². The van der Waals surface area contributed by atoms with Crippen LogP contribution in [0, 0.1) is 35.1 Å². The van der Waals surface area contributed by atoms with Crippen molar-refractivity contribution in [2.24, 2.45) is 11.8 Å². The summed E-state index contributed by atoms with van der Waals surface area (Å²) in [5, 5.41) is 8.18. The van der Waals surface area contributed by atoms with E-state index in [9.17, 15) is 36.7 Å². The first kappa shape index (κ1) is 34.2. The number of hydrogen-bond donors (Lipinski definition) is 4.